The highest BCUT2D eigenvalue weighted by atomic mass is 19.1. The van der Waals surface area contributed by atoms with Crippen molar-refractivity contribution < 1.29 is 18.3 Å². The average Bonchev–Trinajstić information content (AvgIpc) is 3.05. The fourth-order valence-electron chi connectivity index (χ4n) is 2.37. The van der Waals surface area contributed by atoms with E-state index in [-0.39, 0.29) is 18.2 Å². The van der Waals surface area contributed by atoms with Gasteiger partial charge in [-0.1, -0.05) is 30.3 Å². The number of benzene rings is 2. The highest BCUT2D eigenvalue weighted by Crippen LogP contribution is 2.33. The van der Waals surface area contributed by atoms with E-state index in [1.54, 1.807) is 12.1 Å². The summed E-state index contributed by atoms with van der Waals surface area (Å²) in [6.45, 7) is 0. The van der Waals surface area contributed by atoms with Gasteiger partial charge in [0.1, 0.15) is 11.5 Å². The first-order valence-corrected chi connectivity index (χ1v) is 7.55. The molecular weight excluding hydrogens is 309 g/mol. The van der Waals surface area contributed by atoms with Crippen LogP contribution in [0.2, 0.25) is 0 Å². The van der Waals surface area contributed by atoms with Gasteiger partial charge in [0.15, 0.2) is 11.7 Å². The second kappa shape index (κ2) is 7.08. The maximum absolute atomic E-state index is 13.2. The van der Waals surface area contributed by atoms with Gasteiger partial charge in [0.05, 0.1) is 13.5 Å². The number of methoxy groups -OCH3 is 1. The van der Waals surface area contributed by atoms with Crippen molar-refractivity contribution in [1.29, 1.82) is 0 Å². The molecule has 0 saturated carbocycles. The van der Waals surface area contributed by atoms with Gasteiger partial charge in [-0.05, 0) is 24.3 Å². The fraction of sp³-hybridized carbons (Fsp3) is 0.158. The van der Waals surface area contributed by atoms with Crippen LogP contribution in [0.5, 0.6) is 0 Å². The third kappa shape index (κ3) is 3.51. The van der Waals surface area contributed by atoms with Gasteiger partial charge in [0, 0.05) is 17.5 Å². The van der Waals surface area contributed by atoms with Gasteiger partial charge >= 0.3 is 5.97 Å². The molecule has 0 atom stereocenters. The number of rotatable bonds is 5. The van der Waals surface area contributed by atoms with Crippen LogP contribution < -0.4 is 0 Å². The highest BCUT2D eigenvalue weighted by molar-refractivity contribution is 5.77. The molecule has 5 heteroatoms. The minimum absolute atomic E-state index is 0.189. The summed E-state index contributed by atoms with van der Waals surface area (Å²) in [6, 6.07) is 15.6. The van der Waals surface area contributed by atoms with E-state index in [1.807, 2.05) is 30.3 Å². The van der Waals surface area contributed by atoms with Crippen molar-refractivity contribution in [2.45, 2.75) is 12.8 Å². The number of carbonyl (C=O) groups excluding carboxylic acids is 1. The maximum Gasteiger partial charge on any atom is 0.306 e. The van der Waals surface area contributed by atoms with Gasteiger partial charge in [-0.3, -0.25) is 4.79 Å². The van der Waals surface area contributed by atoms with Gasteiger partial charge in [-0.25, -0.2) is 9.37 Å². The van der Waals surface area contributed by atoms with Gasteiger partial charge in [-0.2, -0.15) is 0 Å². The number of hydrogen-bond donors (Lipinski definition) is 0. The molecule has 0 aliphatic carbocycles. The SMILES string of the molecule is COC(=O)CCc1nc(-c2ccccc2)c(-c2ccc(F)cc2)o1. The number of carbonyl (C=O) groups is 1. The van der Waals surface area contributed by atoms with Crippen LogP contribution in [-0.2, 0) is 16.0 Å². The summed E-state index contributed by atoms with van der Waals surface area (Å²) in [6.07, 6.45) is 0.530. The number of halogens is 1. The predicted octanol–water partition coefficient (Wildman–Crippen LogP) is 4.25. The van der Waals surface area contributed by atoms with Gasteiger partial charge < -0.3 is 9.15 Å². The Labute approximate surface area is 138 Å². The summed E-state index contributed by atoms with van der Waals surface area (Å²) in [7, 11) is 1.34. The summed E-state index contributed by atoms with van der Waals surface area (Å²) >= 11 is 0. The van der Waals surface area contributed by atoms with Crippen LogP contribution in [-0.4, -0.2) is 18.1 Å². The minimum Gasteiger partial charge on any atom is -0.469 e. The smallest absolute Gasteiger partial charge is 0.306 e. The molecule has 24 heavy (non-hydrogen) atoms. The second-order valence-corrected chi connectivity index (χ2v) is 5.23. The lowest BCUT2D eigenvalue weighted by Gasteiger charge is -2.01. The molecule has 0 aliphatic heterocycles. The molecule has 2 aromatic carbocycles. The first kappa shape index (κ1) is 15.9. The molecule has 122 valence electrons. The summed E-state index contributed by atoms with van der Waals surface area (Å²) in [4.78, 5) is 15.8. The molecule has 3 rings (SSSR count). The Kier molecular flexibility index (Phi) is 4.70. The summed E-state index contributed by atoms with van der Waals surface area (Å²) in [5.74, 6) is 0.364. The van der Waals surface area contributed by atoms with Crippen LogP contribution in [0.3, 0.4) is 0 Å². The number of oxazole rings is 1. The quantitative estimate of drug-likeness (QED) is 0.658. The topological polar surface area (TPSA) is 52.3 Å². The Bertz CT molecular complexity index is 826. The van der Waals surface area contributed by atoms with E-state index in [0.717, 1.165) is 11.1 Å². The number of aromatic nitrogens is 1. The molecule has 0 saturated heterocycles. The van der Waals surface area contributed by atoms with E-state index in [0.29, 0.717) is 23.8 Å². The summed E-state index contributed by atoms with van der Waals surface area (Å²) in [5.41, 5.74) is 2.29. The molecule has 0 amide bonds. The van der Waals surface area contributed by atoms with Crippen molar-refractivity contribution in [2.75, 3.05) is 7.11 Å². The Morgan fingerprint density at radius 2 is 1.79 bits per heavy atom. The zero-order valence-corrected chi connectivity index (χ0v) is 13.2. The first-order chi connectivity index (χ1) is 11.7. The van der Waals surface area contributed by atoms with E-state index in [1.165, 1.54) is 19.2 Å². The largest absolute Gasteiger partial charge is 0.469 e. The van der Waals surface area contributed by atoms with Gasteiger partial charge in [-0.15, -0.1) is 0 Å². The zero-order chi connectivity index (χ0) is 16.9. The van der Waals surface area contributed by atoms with Crippen molar-refractivity contribution >= 4 is 5.97 Å². The molecule has 3 aromatic rings. The van der Waals surface area contributed by atoms with Gasteiger partial charge in [0.25, 0.3) is 0 Å². The van der Waals surface area contributed by atoms with Crippen molar-refractivity contribution in [2.24, 2.45) is 0 Å². The molecule has 0 radical (unpaired) electrons. The normalized spacial score (nSPS) is 10.6. The highest BCUT2D eigenvalue weighted by Gasteiger charge is 2.17. The summed E-state index contributed by atoms with van der Waals surface area (Å²) in [5, 5.41) is 0. The van der Waals surface area contributed by atoms with E-state index >= 15 is 0 Å². The van der Waals surface area contributed by atoms with E-state index < -0.39 is 0 Å². The lowest BCUT2D eigenvalue weighted by Crippen LogP contribution is -2.01. The van der Waals surface area contributed by atoms with Crippen LogP contribution in [0.1, 0.15) is 12.3 Å². The van der Waals surface area contributed by atoms with Crippen LogP contribution in [0.25, 0.3) is 22.6 Å². The molecule has 0 aliphatic rings. The average molecular weight is 325 g/mol. The first-order valence-electron chi connectivity index (χ1n) is 7.55. The van der Waals surface area contributed by atoms with Crippen molar-refractivity contribution in [3.8, 4) is 22.6 Å². The fourth-order valence-corrected chi connectivity index (χ4v) is 2.37. The van der Waals surface area contributed by atoms with E-state index in [2.05, 4.69) is 9.72 Å². The predicted molar refractivity (Wildman–Crippen MR) is 87.7 cm³/mol. The monoisotopic (exact) mass is 325 g/mol. The number of aryl methyl sites for hydroxylation is 1. The van der Waals surface area contributed by atoms with E-state index in [9.17, 15) is 9.18 Å². The number of esters is 1. The molecule has 4 nitrogen and oxygen atoms in total. The van der Waals surface area contributed by atoms with Gasteiger partial charge in [0.2, 0.25) is 0 Å². The molecule has 0 fully saturated rings. The van der Waals surface area contributed by atoms with Crippen molar-refractivity contribution in [3.05, 3.63) is 66.3 Å². The van der Waals surface area contributed by atoms with Crippen LogP contribution >= 0.6 is 0 Å². The molecular formula is C19H16FNO3. The number of ether oxygens (including phenoxy) is 1. The van der Waals surface area contributed by atoms with Crippen molar-refractivity contribution in [1.82, 2.24) is 4.98 Å². The molecule has 0 spiro atoms. The van der Waals surface area contributed by atoms with E-state index in [4.69, 9.17) is 4.42 Å². The van der Waals surface area contributed by atoms with Crippen LogP contribution in [0.4, 0.5) is 4.39 Å². The van der Waals surface area contributed by atoms with Crippen LogP contribution in [0, 0.1) is 5.82 Å². The number of hydrogen-bond acceptors (Lipinski definition) is 4. The molecule has 0 N–H and O–H groups in total. The van der Waals surface area contributed by atoms with Crippen molar-refractivity contribution in [3.63, 3.8) is 0 Å². The lowest BCUT2D eigenvalue weighted by atomic mass is 10.1. The lowest BCUT2D eigenvalue weighted by molar-refractivity contribution is -0.140. The maximum atomic E-state index is 13.2. The molecule has 1 heterocycles. The molecule has 0 bridgehead atoms. The molecule has 0 unspecified atom stereocenters. The number of nitrogens with zero attached hydrogens (tertiary/aromatic N) is 1. The third-order valence-electron chi connectivity index (χ3n) is 3.60. The van der Waals surface area contributed by atoms with Crippen LogP contribution in [0.15, 0.2) is 59.0 Å². The standard InChI is InChI=1S/C19H16FNO3/c1-23-17(22)12-11-16-21-18(13-5-3-2-4-6-13)19(24-16)14-7-9-15(20)10-8-14/h2-10H,11-12H2,1H3. The second-order valence-electron chi connectivity index (χ2n) is 5.23. The summed E-state index contributed by atoms with van der Waals surface area (Å²) < 4.78 is 23.7. The minimum atomic E-state index is -0.321. The Balaban J connectivity index is 2.00. The Morgan fingerprint density at radius 1 is 1.08 bits per heavy atom. The zero-order valence-electron chi connectivity index (χ0n) is 13.2. The Morgan fingerprint density at radius 3 is 2.46 bits per heavy atom. The Hall–Kier alpha value is -2.95. The molecule has 1 aromatic heterocycles. The third-order valence-corrected chi connectivity index (χ3v) is 3.60.